The molecule has 0 aliphatic carbocycles. The van der Waals surface area contributed by atoms with Gasteiger partial charge in [0.25, 0.3) is 6.01 Å². The predicted octanol–water partition coefficient (Wildman–Crippen LogP) is 3.01. The maximum absolute atomic E-state index is 10.6. The van der Waals surface area contributed by atoms with Crippen molar-refractivity contribution in [3.05, 3.63) is 40.7 Å². The first-order valence-corrected chi connectivity index (χ1v) is 5.63. The van der Waals surface area contributed by atoms with Gasteiger partial charge in [0.1, 0.15) is 12.2 Å². The number of carboxylic acids is 1. The average Bonchev–Trinajstić information content (AvgIpc) is 2.58. The number of carbonyl (C=O) groups is 1. The summed E-state index contributed by atoms with van der Waals surface area (Å²) in [5.74, 6) is -0.615. The third kappa shape index (κ3) is 3.01. The van der Waals surface area contributed by atoms with Gasteiger partial charge in [-0.05, 0) is 25.1 Å². The van der Waals surface area contributed by atoms with Crippen molar-refractivity contribution in [3.63, 3.8) is 0 Å². The van der Waals surface area contributed by atoms with E-state index in [-0.39, 0.29) is 12.4 Å². The molecule has 94 valence electrons. The van der Waals surface area contributed by atoms with Crippen molar-refractivity contribution in [2.24, 2.45) is 0 Å². The number of rotatable bonds is 4. The van der Waals surface area contributed by atoms with Crippen molar-refractivity contribution in [2.45, 2.75) is 13.3 Å². The highest BCUT2D eigenvalue weighted by atomic mass is 35.5. The normalized spacial score (nSPS) is 10.3. The number of nitrogens with zero attached hydrogens (tertiary/aromatic N) is 1. The standard InChI is InChI=1S/C12H11ClN2O3/c1-7-10(6-11(16)17)18-12(14-7)15-9-4-2-3-8(13)5-9/h2-5H,6H2,1H3,(H,14,15)(H,16,17). The van der Waals surface area contributed by atoms with E-state index < -0.39 is 5.97 Å². The topological polar surface area (TPSA) is 75.4 Å². The fraction of sp³-hybridized carbons (Fsp3) is 0.167. The number of aliphatic carboxylic acids is 1. The smallest absolute Gasteiger partial charge is 0.311 e. The van der Waals surface area contributed by atoms with Gasteiger partial charge in [-0.15, -0.1) is 0 Å². The summed E-state index contributed by atoms with van der Waals surface area (Å²) in [6.07, 6.45) is -0.184. The summed E-state index contributed by atoms with van der Waals surface area (Å²) in [5, 5.41) is 12.2. The molecule has 0 radical (unpaired) electrons. The van der Waals surface area contributed by atoms with Crippen LogP contribution in [0.25, 0.3) is 0 Å². The van der Waals surface area contributed by atoms with Crippen LogP contribution in [0.15, 0.2) is 28.7 Å². The Balaban J connectivity index is 2.17. The van der Waals surface area contributed by atoms with Crippen molar-refractivity contribution < 1.29 is 14.3 Å². The minimum atomic E-state index is -0.955. The summed E-state index contributed by atoms with van der Waals surface area (Å²) >= 11 is 5.85. The molecule has 5 nitrogen and oxygen atoms in total. The Morgan fingerprint density at radius 1 is 1.56 bits per heavy atom. The first-order chi connectivity index (χ1) is 8.54. The second-order valence-electron chi connectivity index (χ2n) is 3.73. The Labute approximate surface area is 108 Å². The molecule has 0 aliphatic rings. The van der Waals surface area contributed by atoms with Crippen LogP contribution in [0.4, 0.5) is 11.7 Å². The van der Waals surface area contributed by atoms with Crippen molar-refractivity contribution >= 4 is 29.3 Å². The first kappa shape index (κ1) is 12.4. The van der Waals surface area contributed by atoms with Gasteiger partial charge < -0.3 is 14.8 Å². The molecule has 0 saturated heterocycles. The SMILES string of the molecule is Cc1nc(Nc2cccc(Cl)c2)oc1CC(=O)O. The lowest BCUT2D eigenvalue weighted by Gasteiger charge is -2.01. The fourth-order valence-corrected chi connectivity index (χ4v) is 1.66. The molecule has 2 rings (SSSR count). The van der Waals surface area contributed by atoms with E-state index in [0.717, 1.165) is 5.69 Å². The van der Waals surface area contributed by atoms with Crippen LogP contribution in [-0.4, -0.2) is 16.1 Å². The molecule has 0 amide bonds. The Kier molecular flexibility index (Phi) is 3.53. The molecule has 1 heterocycles. The highest BCUT2D eigenvalue weighted by molar-refractivity contribution is 6.30. The molecule has 2 aromatic rings. The summed E-state index contributed by atoms with van der Waals surface area (Å²) in [4.78, 5) is 14.7. The number of aromatic nitrogens is 1. The minimum absolute atomic E-state index is 0.184. The Morgan fingerprint density at radius 3 is 3.00 bits per heavy atom. The summed E-state index contributed by atoms with van der Waals surface area (Å²) < 4.78 is 5.32. The van der Waals surface area contributed by atoms with Crippen LogP contribution in [0, 0.1) is 6.92 Å². The van der Waals surface area contributed by atoms with Crippen molar-refractivity contribution in [1.82, 2.24) is 4.98 Å². The van der Waals surface area contributed by atoms with Crippen molar-refractivity contribution in [1.29, 1.82) is 0 Å². The van der Waals surface area contributed by atoms with Crippen LogP contribution in [0.5, 0.6) is 0 Å². The molecular weight excluding hydrogens is 256 g/mol. The Bertz CT molecular complexity index is 580. The van der Waals surface area contributed by atoms with Gasteiger partial charge >= 0.3 is 5.97 Å². The van der Waals surface area contributed by atoms with Crippen LogP contribution in [0.2, 0.25) is 5.02 Å². The van der Waals surface area contributed by atoms with Crippen molar-refractivity contribution in [2.75, 3.05) is 5.32 Å². The second-order valence-corrected chi connectivity index (χ2v) is 4.17. The Morgan fingerprint density at radius 2 is 2.33 bits per heavy atom. The molecule has 0 saturated carbocycles. The average molecular weight is 267 g/mol. The molecule has 1 aromatic heterocycles. The molecule has 0 atom stereocenters. The zero-order chi connectivity index (χ0) is 13.1. The second kappa shape index (κ2) is 5.10. The van der Waals surface area contributed by atoms with Gasteiger partial charge in [-0.2, -0.15) is 4.98 Å². The van der Waals surface area contributed by atoms with Crippen LogP contribution >= 0.6 is 11.6 Å². The van der Waals surface area contributed by atoms with Gasteiger partial charge in [-0.25, -0.2) is 0 Å². The maximum atomic E-state index is 10.6. The summed E-state index contributed by atoms with van der Waals surface area (Å²) in [6, 6.07) is 7.33. The highest BCUT2D eigenvalue weighted by Crippen LogP contribution is 2.21. The minimum Gasteiger partial charge on any atom is -0.481 e. The zero-order valence-electron chi connectivity index (χ0n) is 9.61. The van der Waals surface area contributed by atoms with Crippen LogP contribution in [0.1, 0.15) is 11.5 Å². The third-order valence-corrected chi connectivity index (χ3v) is 2.52. The number of anilines is 2. The lowest BCUT2D eigenvalue weighted by molar-refractivity contribution is -0.136. The third-order valence-electron chi connectivity index (χ3n) is 2.28. The fourth-order valence-electron chi connectivity index (χ4n) is 1.47. The number of oxazole rings is 1. The summed E-state index contributed by atoms with van der Waals surface area (Å²) in [7, 11) is 0. The molecular formula is C12H11ClN2O3. The predicted molar refractivity (Wildman–Crippen MR) is 67.3 cm³/mol. The van der Waals surface area contributed by atoms with Crippen LogP contribution < -0.4 is 5.32 Å². The molecule has 1 aromatic carbocycles. The molecule has 0 bridgehead atoms. The lowest BCUT2D eigenvalue weighted by atomic mass is 10.3. The van der Waals surface area contributed by atoms with E-state index in [0.29, 0.717) is 16.5 Å². The number of hydrogen-bond acceptors (Lipinski definition) is 4. The van der Waals surface area contributed by atoms with E-state index in [4.69, 9.17) is 21.1 Å². The van der Waals surface area contributed by atoms with Crippen LogP contribution in [-0.2, 0) is 11.2 Å². The maximum Gasteiger partial charge on any atom is 0.311 e. The van der Waals surface area contributed by atoms with E-state index in [1.807, 2.05) is 6.07 Å². The molecule has 0 unspecified atom stereocenters. The van der Waals surface area contributed by atoms with Gasteiger partial charge in [0.05, 0.1) is 5.69 Å². The van der Waals surface area contributed by atoms with Gasteiger partial charge in [0.15, 0.2) is 0 Å². The molecule has 6 heteroatoms. The molecule has 0 fully saturated rings. The van der Waals surface area contributed by atoms with Gasteiger partial charge in [0.2, 0.25) is 0 Å². The molecule has 2 N–H and O–H groups in total. The number of carboxylic acid groups (broad SMARTS) is 1. The Hall–Kier alpha value is -2.01. The number of hydrogen-bond donors (Lipinski definition) is 2. The van der Waals surface area contributed by atoms with E-state index in [1.54, 1.807) is 25.1 Å². The monoisotopic (exact) mass is 266 g/mol. The number of benzene rings is 1. The van der Waals surface area contributed by atoms with Gasteiger partial charge in [-0.1, -0.05) is 17.7 Å². The first-order valence-electron chi connectivity index (χ1n) is 5.25. The largest absolute Gasteiger partial charge is 0.481 e. The van der Waals surface area contributed by atoms with Crippen molar-refractivity contribution in [3.8, 4) is 0 Å². The van der Waals surface area contributed by atoms with E-state index in [9.17, 15) is 4.79 Å². The lowest BCUT2D eigenvalue weighted by Crippen LogP contribution is -1.99. The number of nitrogens with one attached hydrogen (secondary N) is 1. The van der Waals surface area contributed by atoms with E-state index in [2.05, 4.69) is 10.3 Å². The highest BCUT2D eigenvalue weighted by Gasteiger charge is 2.12. The van der Waals surface area contributed by atoms with Gasteiger partial charge in [-0.3, -0.25) is 4.79 Å². The summed E-state index contributed by atoms with van der Waals surface area (Å²) in [6.45, 7) is 1.70. The molecule has 0 spiro atoms. The zero-order valence-corrected chi connectivity index (χ0v) is 10.4. The van der Waals surface area contributed by atoms with E-state index >= 15 is 0 Å². The number of halogens is 1. The quantitative estimate of drug-likeness (QED) is 0.890. The molecule has 18 heavy (non-hydrogen) atoms. The molecule has 0 aliphatic heterocycles. The van der Waals surface area contributed by atoms with Gasteiger partial charge in [0, 0.05) is 10.7 Å². The summed E-state index contributed by atoms with van der Waals surface area (Å²) in [5.41, 5.74) is 1.28. The van der Waals surface area contributed by atoms with E-state index in [1.165, 1.54) is 0 Å². The number of aryl methyl sites for hydroxylation is 1. The van der Waals surface area contributed by atoms with Crippen LogP contribution in [0.3, 0.4) is 0 Å².